The third-order valence-electron chi connectivity index (χ3n) is 5.09. The SMILES string of the molecule is CCCC(C)NC(=O)COC(=O)c1c2c(nc3ccccc13)CCCCC2. The molecule has 1 unspecified atom stereocenters. The van der Waals surface area contributed by atoms with E-state index in [-0.39, 0.29) is 18.6 Å². The summed E-state index contributed by atoms with van der Waals surface area (Å²) in [5, 5.41) is 3.68. The minimum atomic E-state index is -0.426. The van der Waals surface area contributed by atoms with Crippen LogP contribution in [-0.2, 0) is 22.4 Å². The van der Waals surface area contributed by atoms with Crippen LogP contribution >= 0.6 is 0 Å². The van der Waals surface area contributed by atoms with Crippen LogP contribution in [0.15, 0.2) is 24.3 Å². The van der Waals surface area contributed by atoms with E-state index >= 15 is 0 Å². The molecule has 0 aliphatic heterocycles. The summed E-state index contributed by atoms with van der Waals surface area (Å²) in [6.07, 6.45) is 6.89. The number of para-hydroxylation sites is 1. The van der Waals surface area contributed by atoms with Crippen molar-refractivity contribution in [1.82, 2.24) is 10.3 Å². The first-order valence-corrected chi connectivity index (χ1v) is 9.97. The van der Waals surface area contributed by atoms with Crippen LogP contribution in [0.4, 0.5) is 0 Å². The number of amides is 1. The first-order chi connectivity index (χ1) is 13.1. The number of pyridine rings is 1. The van der Waals surface area contributed by atoms with Crippen molar-refractivity contribution < 1.29 is 14.3 Å². The van der Waals surface area contributed by atoms with Crippen LogP contribution in [0.25, 0.3) is 10.9 Å². The summed E-state index contributed by atoms with van der Waals surface area (Å²) >= 11 is 0. The third-order valence-corrected chi connectivity index (χ3v) is 5.09. The summed E-state index contributed by atoms with van der Waals surface area (Å²) in [5.74, 6) is -0.682. The molecule has 5 heteroatoms. The van der Waals surface area contributed by atoms with Crippen molar-refractivity contribution in [2.75, 3.05) is 6.61 Å². The Morgan fingerprint density at radius 3 is 2.78 bits per heavy atom. The predicted octanol–water partition coefficient (Wildman–Crippen LogP) is 3.97. The molecule has 1 N–H and O–H groups in total. The van der Waals surface area contributed by atoms with E-state index in [0.29, 0.717) is 5.56 Å². The van der Waals surface area contributed by atoms with Crippen LogP contribution in [0.5, 0.6) is 0 Å². The highest BCUT2D eigenvalue weighted by molar-refractivity contribution is 6.05. The number of ether oxygens (including phenoxy) is 1. The maximum absolute atomic E-state index is 12.9. The number of fused-ring (bicyclic) bond motifs is 2. The van der Waals surface area contributed by atoms with Crippen molar-refractivity contribution in [2.24, 2.45) is 0 Å². The molecule has 1 heterocycles. The van der Waals surface area contributed by atoms with Crippen LogP contribution in [0.1, 0.15) is 67.6 Å². The van der Waals surface area contributed by atoms with Gasteiger partial charge in [0.25, 0.3) is 5.91 Å². The fourth-order valence-electron chi connectivity index (χ4n) is 3.81. The molecule has 0 fully saturated rings. The van der Waals surface area contributed by atoms with Gasteiger partial charge in [-0.05, 0) is 50.7 Å². The molecule has 1 atom stereocenters. The van der Waals surface area contributed by atoms with Crippen molar-refractivity contribution in [3.63, 3.8) is 0 Å². The van der Waals surface area contributed by atoms with Crippen LogP contribution in [0.3, 0.4) is 0 Å². The average Bonchev–Trinajstić information content (AvgIpc) is 2.89. The summed E-state index contributed by atoms with van der Waals surface area (Å²) in [6, 6.07) is 7.75. The molecule has 1 aromatic heterocycles. The van der Waals surface area contributed by atoms with E-state index in [0.717, 1.165) is 67.1 Å². The van der Waals surface area contributed by atoms with Gasteiger partial charge >= 0.3 is 5.97 Å². The van der Waals surface area contributed by atoms with Crippen LogP contribution < -0.4 is 5.32 Å². The Labute approximate surface area is 160 Å². The van der Waals surface area contributed by atoms with Crippen molar-refractivity contribution in [2.45, 2.75) is 64.8 Å². The van der Waals surface area contributed by atoms with Gasteiger partial charge in [0, 0.05) is 17.1 Å². The summed E-state index contributed by atoms with van der Waals surface area (Å²) in [5.41, 5.74) is 3.40. The fraction of sp³-hybridized carbons (Fsp3) is 0.500. The number of benzene rings is 1. The highest BCUT2D eigenvalue weighted by atomic mass is 16.5. The average molecular weight is 368 g/mol. The second-order valence-corrected chi connectivity index (χ2v) is 7.32. The number of esters is 1. The number of hydrogen-bond acceptors (Lipinski definition) is 4. The van der Waals surface area contributed by atoms with E-state index in [1.165, 1.54) is 0 Å². The number of hydrogen-bond donors (Lipinski definition) is 1. The number of carbonyl (C=O) groups excluding carboxylic acids is 2. The lowest BCUT2D eigenvalue weighted by Crippen LogP contribution is -2.35. The number of carbonyl (C=O) groups is 2. The molecule has 1 amide bonds. The monoisotopic (exact) mass is 368 g/mol. The molecular weight excluding hydrogens is 340 g/mol. The molecule has 1 aromatic carbocycles. The molecule has 144 valence electrons. The molecule has 27 heavy (non-hydrogen) atoms. The Hall–Kier alpha value is -2.43. The molecule has 5 nitrogen and oxygen atoms in total. The van der Waals surface area contributed by atoms with Gasteiger partial charge in [-0.25, -0.2) is 4.79 Å². The summed E-state index contributed by atoms with van der Waals surface area (Å²) in [7, 11) is 0. The molecule has 0 radical (unpaired) electrons. The lowest BCUT2D eigenvalue weighted by Gasteiger charge is -2.16. The number of nitrogens with one attached hydrogen (secondary N) is 1. The maximum Gasteiger partial charge on any atom is 0.339 e. The largest absolute Gasteiger partial charge is 0.452 e. The Kier molecular flexibility index (Phi) is 6.43. The molecule has 1 aliphatic carbocycles. The zero-order chi connectivity index (χ0) is 19.2. The molecule has 3 rings (SSSR count). The van der Waals surface area contributed by atoms with Gasteiger partial charge in [0.15, 0.2) is 6.61 Å². The minimum absolute atomic E-state index is 0.0826. The second kappa shape index (κ2) is 8.98. The van der Waals surface area contributed by atoms with E-state index in [4.69, 9.17) is 9.72 Å². The summed E-state index contributed by atoms with van der Waals surface area (Å²) in [6.45, 7) is 3.78. The van der Waals surface area contributed by atoms with Gasteiger partial charge in [0.1, 0.15) is 0 Å². The summed E-state index contributed by atoms with van der Waals surface area (Å²) in [4.78, 5) is 29.8. The molecule has 1 aliphatic rings. The van der Waals surface area contributed by atoms with Crippen molar-refractivity contribution in [3.05, 3.63) is 41.1 Å². The van der Waals surface area contributed by atoms with Crippen LogP contribution in [-0.4, -0.2) is 29.5 Å². The fourth-order valence-corrected chi connectivity index (χ4v) is 3.81. The molecule has 2 aromatic rings. The van der Waals surface area contributed by atoms with Gasteiger partial charge in [-0.1, -0.05) is 38.0 Å². The Morgan fingerprint density at radius 1 is 1.19 bits per heavy atom. The Balaban J connectivity index is 1.83. The van der Waals surface area contributed by atoms with E-state index in [1.807, 2.05) is 31.2 Å². The lowest BCUT2D eigenvalue weighted by atomic mass is 9.97. The Morgan fingerprint density at radius 2 is 1.96 bits per heavy atom. The van der Waals surface area contributed by atoms with E-state index in [1.54, 1.807) is 0 Å². The molecule has 0 spiro atoms. The maximum atomic E-state index is 12.9. The highest BCUT2D eigenvalue weighted by Gasteiger charge is 2.23. The smallest absolute Gasteiger partial charge is 0.339 e. The topological polar surface area (TPSA) is 68.3 Å². The summed E-state index contributed by atoms with van der Waals surface area (Å²) < 4.78 is 5.41. The van der Waals surface area contributed by atoms with E-state index in [2.05, 4.69) is 12.2 Å². The predicted molar refractivity (Wildman–Crippen MR) is 106 cm³/mol. The number of aromatic nitrogens is 1. The van der Waals surface area contributed by atoms with Crippen molar-refractivity contribution >= 4 is 22.8 Å². The zero-order valence-electron chi connectivity index (χ0n) is 16.2. The number of aryl methyl sites for hydroxylation is 1. The first-order valence-electron chi connectivity index (χ1n) is 9.97. The molecule has 0 bridgehead atoms. The molecule has 0 saturated carbocycles. The van der Waals surface area contributed by atoms with E-state index < -0.39 is 5.97 Å². The van der Waals surface area contributed by atoms with Gasteiger partial charge in [-0.3, -0.25) is 9.78 Å². The number of nitrogens with zero attached hydrogens (tertiary/aromatic N) is 1. The minimum Gasteiger partial charge on any atom is -0.452 e. The van der Waals surface area contributed by atoms with Gasteiger partial charge in [0.2, 0.25) is 0 Å². The van der Waals surface area contributed by atoms with Gasteiger partial charge < -0.3 is 10.1 Å². The van der Waals surface area contributed by atoms with Crippen molar-refractivity contribution in [1.29, 1.82) is 0 Å². The van der Waals surface area contributed by atoms with E-state index in [9.17, 15) is 9.59 Å². The van der Waals surface area contributed by atoms with Gasteiger partial charge in [-0.2, -0.15) is 0 Å². The second-order valence-electron chi connectivity index (χ2n) is 7.32. The molecular formula is C22H28N2O3. The number of rotatable bonds is 6. The Bertz CT molecular complexity index is 832. The van der Waals surface area contributed by atoms with Gasteiger partial charge in [0.05, 0.1) is 11.1 Å². The third kappa shape index (κ3) is 4.65. The lowest BCUT2D eigenvalue weighted by molar-refractivity contribution is -0.124. The first kappa shape index (κ1) is 19.3. The normalized spacial score (nSPS) is 14.9. The van der Waals surface area contributed by atoms with Crippen molar-refractivity contribution in [3.8, 4) is 0 Å². The van der Waals surface area contributed by atoms with Crippen LogP contribution in [0, 0.1) is 0 Å². The molecule has 0 saturated heterocycles. The standard InChI is InChI=1S/C22H28N2O3/c1-3-9-15(2)23-20(25)14-27-22(26)21-16-10-5-4-6-12-18(16)24-19-13-8-7-11-17(19)21/h7-8,11,13,15H,3-6,9-10,12,14H2,1-2H3,(H,23,25). The van der Waals surface area contributed by atoms with Gasteiger partial charge in [-0.15, -0.1) is 0 Å². The quantitative estimate of drug-likeness (QED) is 0.619. The zero-order valence-corrected chi connectivity index (χ0v) is 16.2. The highest BCUT2D eigenvalue weighted by Crippen LogP contribution is 2.29. The van der Waals surface area contributed by atoms with Crippen LogP contribution in [0.2, 0.25) is 0 Å².